The van der Waals surface area contributed by atoms with Crippen LogP contribution in [-0.4, -0.2) is 19.7 Å². The molecule has 1 aliphatic rings. The molecule has 1 N–H and O–H groups in total. The van der Waals surface area contributed by atoms with E-state index in [1.807, 2.05) is 6.20 Å². The quantitative estimate of drug-likeness (QED) is 0.672. The van der Waals surface area contributed by atoms with Crippen molar-refractivity contribution in [3.8, 4) is 0 Å². The predicted molar refractivity (Wildman–Crippen MR) is 102 cm³/mol. The first-order chi connectivity index (χ1) is 13.1. The molecule has 0 atom stereocenters. The summed E-state index contributed by atoms with van der Waals surface area (Å²) >= 11 is 7.32. The SMILES string of the molecule is O=c1ccc(C2=CN(c3cncc(Cl)c3)NS2)nn1Cc1cncc(F)c1. The highest BCUT2D eigenvalue weighted by Gasteiger charge is 2.18. The van der Waals surface area contributed by atoms with Gasteiger partial charge in [-0.2, -0.15) is 9.93 Å². The Labute approximate surface area is 162 Å². The second-order valence-corrected chi connectivity index (χ2v) is 6.91. The number of nitrogens with one attached hydrogen (secondary N) is 1. The summed E-state index contributed by atoms with van der Waals surface area (Å²) in [6.07, 6.45) is 7.67. The molecular formula is C17H12ClFN6OS. The minimum atomic E-state index is -0.458. The topological polar surface area (TPSA) is 75.9 Å². The molecule has 0 bridgehead atoms. The largest absolute Gasteiger partial charge is 0.271 e. The summed E-state index contributed by atoms with van der Waals surface area (Å²) in [6.45, 7) is 0.130. The average molecular weight is 403 g/mol. The highest BCUT2D eigenvalue weighted by atomic mass is 35.5. The van der Waals surface area contributed by atoms with Crippen LogP contribution in [0.2, 0.25) is 5.02 Å². The second kappa shape index (κ2) is 7.47. The van der Waals surface area contributed by atoms with Gasteiger partial charge in [-0.3, -0.25) is 19.8 Å². The van der Waals surface area contributed by atoms with Crippen molar-refractivity contribution in [3.05, 3.63) is 87.7 Å². The maximum Gasteiger partial charge on any atom is 0.267 e. The number of hydrazine groups is 1. The van der Waals surface area contributed by atoms with Gasteiger partial charge in [0.2, 0.25) is 0 Å². The molecule has 136 valence electrons. The Morgan fingerprint density at radius 3 is 2.81 bits per heavy atom. The first kappa shape index (κ1) is 17.7. The van der Waals surface area contributed by atoms with Gasteiger partial charge in [0, 0.05) is 24.7 Å². The molecule has 4 rings (SSSR count). The molecule has 3 aromatic rings. The third-order valence-corrected chi connectivity index (χ3v) is 4.71. The van der Waals surface area contributed by atoms with Gasteiger partial charge in [0.1, 0.15) is 11.5 Å². The maximum atomic E-state index is 13.3. The lowest BCUT2D eigenvalue weighted by Gasteiger charge is -2.13. The van der Waals surface area contributed by atoms with Crippen LogP contribution in [0.25, 0.3) is 4.91 Å². The number of hydrogen-bond acceptors (Lipinski definition) is 7. The van der Waals surface area contributed by atoms with Crippen LogP contribution in [-0.2, 0) is 6.54 Å². The lowest BCUT2D eigenvalue weighted by molar-refractivity contribution is 0.602. The first-order valence-electron chi connectivity index (χ1n) is 7.80. The van der Waals surface area contributed by atoms with Crippen molar-refractivity contribution in [3.63, 3.8) is 0 Å². The Morgan fingerprint density at radius 2 is 2.00 bits per heavy atom. The van der Waals surface area contributed by atoms with Crippen LogP contribution in [0.15, 0.2) is 60.0 Å². The summed E-state index contributed by atoms with van der Waals surface area (Å²) in [6, 6.07) is 6.17. The number of nitrogens with zero attached hydrogens (tertiary/aromatic N) is 5. The zero-order valence-corrected chi connectivity index (χ0v) is 15.3. The predicted octanol–water partition coefficient (Wildman–Crippen LogP) is 2.85. The Bertz CT molecular complexity index is 1090. The molecule has 1 aliphatic heterocycles. The van der Waals surface area contributed by atoms with Gasteiger partial charge in [0.05, 0.1) is 34.6 Å². The minimum Gasteiger partial charge on any atom is -0.271 e. The Hall–Kier alpha value is -2.75. The van der Waals surface area contributed by atoms with E-state index < -0.39 is 5.82 Å². The van der Waals surface area contributed by atoms with Crippen LogP contribution in [0.4, 0.5) is 10.1 Å². The van der Waals surface area contributed by atoms with Crippen molar-refractivity contribution in [1.29, 1.82) is 0 Å². The van der Waals surface area contributed by atoms with E-state index in [9.17, 15) is 9.18 Å². The van der Waals surface area contributed by atoms with Gasteiger partial charge in [-0.25, -0.2) is 9.07 Å². The van der Waals surface area contributed by atoms with E-state index in [2.05, 4.69) is 19.9 Å². The van der Waals surface area contributed by atoms with E-state index in [1.165, 1.54) is 35.0 Å². The molecule has 0 saturated carbocycles. The fraction of sp³-hybridized carbons (Fsp3) is 0.0588. The van der Waals surface area contributed by atoms with Gasteiger partial charge in [-0.1, -0.05) is 11.6 Å². The van der Waals surface area contributed by atoms with Crippen molar-refractivity contribution in [2.24, 2.45) is 0 Å². The molecule has 4 heterocycles. The molecule has 27 heavy (non-hydrogen) atoms. The molecule has 10 heteroatoms. The monoisotopic (exact) mass is 402 g/mol. The van der Waals surface area contributed by atoms with Crippen molar-refractivity contribution < 1.29 is 4.39 Å². The zero-order chi connectivity index (χ0) is 18.8. The fourth-order valence-electron chi connectivity index (χ4n) is 2.46. The maximum absolute atomic E-state index is 13.3. The molecule has 0 fully saturated rings. The second-order valence-electron chi connectivity index (χ2n) is 5.64. The summed E-state index contributed by atoms with van der Waals surface area (Å²) < 4.78 is 14.6. The Balaban J connectivity index is 1.61. The Morgan fingerprint density at radius 1 is 1.15 bits per heavy atom. The van der Waals surface area contributed by atoms with Crippen LogP contribution < -0.4 is 15.4 Å². The van der Waals surface area contributed by atoms with Crippen LogP contribution >= 0.6 is 23.5 Å². The van der Waals surface area contributed by atoms with E-state index >= 15 is 0 Å². The summed E-state index contributed by atoms with van der Waals surface area (Å²) in [4.78, 5) is 23.9. The standard InChI is InChI=1S/C17H12ClFN6OS/c18-12-4-14(8-21-6-12)24-10-16(27-23-24)15-1-2-17(26)25(22-15)9-11-3-13(19)7-20-5-11/h1-8,10,23H,9H2. The van der Waals surface area contributed by atoms with E-state index in [0.717, 1.165) is 16.8 Å². The minimum absolute atomic E-state index is 0.130. The first-order valence-corrected chi connectivity index (χ1v) is 9.00. The molecule has 0 spiro atoms. The lowest BCUT2D eigenvalue weighted by atomic mass is 10.3. The van der Waals surface area contributed by atoms with Gasteiger partial charge >= 0.3 is 0 Å². The molecule has 0 aliphatic carbocycles. The number of anilines is 1. The van der Waals surface area contributed by atoms with Gasteiger partial charge in [-0.05, 0) is 35.7 Å². The van der Waals surface area contributed by atoms with Crippen molar-refractivity contribution in [2.75, 3.05) is 5.01 Å². The third kappa shape index (κ3) is 4.00. The van der Waals surface area contributed by atoms with Gasteiger partial charge in [0.25, 0.3) is 5.56 Å². The highest BCUT2D eigenvalue weighted by molar-refractivity contribution is 8.06. The molecule has 0 amide bonds. The van der Waals surface area contributed by atoms with Gasteiger partial charge in [0.15, 0.2) is 0 Å². The number of rotatable bonds is 4. The lowest BCUT2D eigenvalue weighted by Crippen LogP contribution is -2.23. The van der Waals surface area contributed by atoms with E-state index in [1.54, 1.807) is 29.5 Å². The Kier molecular flexibility index (Phi) is 4.88. The normalized spacial score (nSPS) is 13.7. The van der Waals surface area contributed by atoms with Crippen LogP contribution in [0, 0.1) is 5.82 Å². The summed E-state index contributed by atoms with van der Waals surface area (Å²) in [7, 11) is 0. The molecule has 0 radical (unpaired) electrons. The van der Waals surface area contributed by atoms with E-state index in [-0.39, 0.29) is 12.1 Å². The van der Waals surface area contributed by atoms with Crippen LogP contribution in [0.1, 0.15) is 11.3 Å². The molecular weight excluding hydrogens is 391 g/mol. The van der Waals surface area contributed by atoms with E-state index in [0.29, 0.717) is 16.3 Å². The molecule has 0 unspecified atom stereocenters. The molecule has 7 nitrogen and oxygen atoms in total. The van der Waals surface area contributed by atoms with Crippen molar-refractivity contribution in [1.82, 2.24) is 24.6 Å². The molecule has 3 aromatic heterocycles. The molecule has 0 saturated heterocycles. The zero-order valence-electron chi connectivity index (χ0n) is 13.7. The third-order valence-electron chi connectivity index (χ3n) is 3.68. The number of hydrogen-bond donors (Lipinski definition) is 1. The highest BCUT2D eigenvalue weighted by Crippen LogP contribution is 2.32. The smallest absolute Gasteiger partial charge is 0.267 e. The molecule has 0 aromatic carbocycles. The summed E-state index contributed by atoms with van der Waals surface area (Å²) in [5, 5.41) is 6.66. The van der Waals surface area contributed by atoms with Crippen molar-refractivity contribution >= 4 is 34.1 Å². The van der Waals surface area contributed by atoms with Gasteiger partial charge in [-0.15, -0.1) is 0 Å². The van der Waals surface area contributed by atoms with Gasteiger partial charge < -0.3 is 0 Å². The number of aromatic nitrogens is 4. The average Bonchev–Trinajstić information content (AvgIpc) is 3.14. The fourth-order valence-corrected chi connectivity index (χ4v) is 3.35. The van der Waals surface area contributed by atoms with Crippen LogP contribution in [0.5, 0.6) is 0 Å². The summed E-state index contributed by atoms with van der Waals surface area (Å²) in [5.74, 6) is -0.458. The summed E-state index contributed by atoms with van der Waals surface area (Å²) in [5.41, 5.74) is 1.65. The van der Waals surface area contributed by atoms with E-state index in [4.69, 9.17) is 11.6 Å². The van der Waals surface area contributed by atoms with Crippen LogP contribution in [0.3, 0.4) is 0 Å². The van der Waals surface area contributed by atoms with Crippen molar-refractivity contribution in [2.45, 2.75) is 6.54 Å². The number of halogens is 2. The number of pyridine rings is 2.